The van der Waals surface area contributed by atoms with E-state index in [0.29, 0.717) is 17.9 Å². The molecular weight excluding hydrogens is 274 g/mol. The van der Waals surface area contributed by atoms with E-state index in [1.807, 2.05) is 0 Å². The van der Waals surface area contributed by atoms with Gasteiger partial charge in [0.2, 0.25) is 0 Å². The van der Waals surface area contributed by atoms with Crippen molar-refractivity contribution in [2.45, 2.75) is 13.0 Å². The predicted octanol–water partition coefficient (Wildman–Crippen LogP) is 1.72. The molecule has 0 aromatic heterocycles. The third kappa shape index (κ3) is 3.82. The number of nitrogens with zero attached hydrogens (tertiary/aromatic N) is 2. The van der Waals surface area contributed by atoms with Crippen LogP contribution >= 0.6 is 0 Å². The highest BCUT2D eigenvalue weighted by Gasteiger charge is 2.18. The summed E-state index contributed by atoms with van der Waals surface area (Å²) in [7, 11) is 0. The van der Waals surface area contributed by atoms with Gasteiger partial charge in [-0.25, -0.2) is 4.79 Å². The minimum absolute atomic E-state index is 0.301. The lowest BCUT2D eigenvalue weighted by Crippen LogP contribution is -2.25. The van der Waals surface area contributed by atoms with Gasteiger partial charge in [-0.3, -0.25) is 9.59 Å². The highest BCUT2D eigenvalue weighted by Crippen LogP contribution is 2.12. The molecule has 1 aromatic rings. The molecule has 1 aliphatic rings. The Balaban J connectivity index is 1.99. The van der Waals surface area contributed by atoms with E-state index in [9.17, 15) is 14.4 Å². The van der Waals surface area contributed by atoms with E-state index < -0.39 is 23.8 Å². The minimum atomic E-state index is -0.826. The smallest absolute Gasteiger partial charge is 0.338 e. The zero-order chi connectivity index (χ0) is 15.2. The van der Waals surface area contributed by atoms with Crippen molar-refractivity contribution < 1.29 is 19.1 Å². The van der Waals surface area contributed by atoms with Crippen LogP contribution in [-0.2, 0) is 14.3 Å². The summed E-state index contributed by atoms with van der Waals surface area (Å²) in [6.45, 7) is 2.03. The van der Waals surface area contributed by atoms with Crippen LogP contribution < -0.4 is 5.32 Å². The summed E-state index contributed by atoms with van der Waals surface area (Å²) in [5.41, 5.74) is 0.909. The lowest BCUT2D eigenvalue weighted by molar-refractivity contribution is -0.117. The van der Waals surface area contributed by atoms with Crippen molar-refractivity contribution in [3.8, 4) is 0 Å². The first kappa shape index (κ1) is 14.6. The molecule has 0 bridgehead atoms. The summed E-state index contributed by atoms with van der Waals surface area (Å²) in [5, 5.41) is 9.51. The van der Waals surface area contributed by atoms with E-state index in [4.69, 9.17) is 4.74 Å². The van der Waals surface area contributed by atoms with E-state index >= 15 is 0 Å². The Morgan fingerprint density at radius 2 is 2.00 bits per heavy atom. The largest absolute Gasteiger partial charge is 0.462 e. The molecule has 1 unspecified atom stereocenters. The number of rotatable bonds is 4. The second kappa shape index (κ2) is 6.56. The Kier molecular flexibility index (Phi) is 4.55. The molecule has 7 heteroatoms. The topological polar surface area (TPSA) is 97.2 Å². The summed E-state index contributed by atoms with van der Waals surface area (Å²) in [4.78, 5) is 34.2. The van der Waals surface area contributed by atoms with Gasteiger partial charge in [0.25, 0.3) is 11.8 Å². The standard InChI is InChI=1S/C14H13N3O4/c1-2-21-14(20)9-3-5-10(6-4-9)15-13(19)11-7-8-12(18)17-16-11/h3-8,11H,2H2,1H3,(H,15,19). The number of carbonyl (C=O) groups is 3. The van der Waals surface area contributed by atoms with E-state index in [-0.39, 0.29) is 0 Å². The Bertz CT molecular complexity index is 604. The predicted molar refractivity (Wildman–Crippen MR) is 73.8 cm³/mol. The maximum absolute atomic E-state index is 11.9. The fraction of sp³-hybridized carbons (Fsp3) is 0.214. The van der Waals surface area contributed by atoms with Gasteiger partial charge in [-0.1, -0.05) is 0 Å². The lowest BCUT2D eigenvalue weighted by Gasteiger charge is -2.10. The number of carbonyl (C=O) groups excluding carboxylic acids is 3. The first-order valence-corrected chi connectivity index (χ1v) is 6.31. The Labute approximate surface area is 120 Å². The van der Waals surface area contributed by atoms with Gasteiger partial charge in [-0.2, -0.15) is 5.11 Å². The van der Waals surface area contributed by atoms with Crippen LogP contribution in [0.2, 0.25) is 0 Å². The van der Waals surface area contributed by atoms with Crippen molar-refractivity contribution in [2.24, 2.45) is 10.2 Å². The molecule has 0 spiro atoms. The molecular formula is C14H13N3O4. The van der Waals surface area contributed by atoms with Gasteiger partial charge in [-0.15, -0.1) is 5.11 Å². The lowest BCUT2D eigenvalue weighted by atomic mass is 10.2. The molecule has 0 aliphatic carbocycles. The van der Waals surface area contributed by atoms with Gasteiger partial charge < -0.3 is 10.1 Å². The number of azo groups is 1. The zero-order valence-corrected chi connectivity index (χ0v) is 11.3. The van der Waals surface area contributed by atoms with Crippen LogP contribution in [0, 0.1) is 0 Å². The quantitative estimate of drug-likeness (QED) is 0.852. The van der Waals surface area contributed by atoms with Crippen LogP contribution in [0.1, 0.15) is 17.3 Å². The van der Waals surface area contributed by atoms with Crippen LogP contribution in [0.4, 0.5) is 5.69 Å². The number of benzene rings is 1. The number of amides is 2. The van der Waals surface area contributed by atoms with Crippen LogP contribution in [0.5, 0.6) is 0 Å². The summed E-state index contributed by atoms with van der Waals surface area (Å²) >= 11 is 0. The average Bonchev–Trinajstić information content (AvgIpc) is 2.49. The zero-order valence-electron chi connectivity index (χ0n) is 11.3. The molecule has 0 fully saturated rings. The van der Waals surface area contributed by atoms with E-state index in [2.05, 4.69) is 15.5 Å². The van der Waals surface area contributed by atoms with Crippen molar-refractivity contribution in [3.63, 3.8) is 0 Å². The molecule has 0 radical (unpaired) electrons. The molecule has 1 aliphatic heterocycles. The summed E-state index contributed by atoms with van der Waals surface area (Å²) < 4.78 is 4.86. The summed E-state index contributed by atoms with van der Waals surface area (Å²) in [5.74, 6) is -1.32. The van der Waals surface area contributed by atoms with Gasteiger partial charge in [0.15, 0.2) is 6.04 Å². The van der Waals surface area contributed by atoms with Crippen molar-refractivity contribution in [3.05, 3.63) is 42.0 Å². The van der Waals surface area contributed by atoms with Crippen molar-refractivity contribution in [2.75, 3.05) is 11.9 Å². The molecule has 0 saturated carbocycles. The van der Waals surface area contributed by atoms with Crippen molar-refractivity contribution in [1.82, 2.24) is 0 Å². The number of nitrogens with one attached hydrogen (secondary N) is 1. The Hall–Kier alpha value is -2.83. The highest BCUT2D eigenvalue weighted by atomic mass is 16.5. The second-order valence-electron chi connectivity index (χ2n) is 4.14. The maximum Gasteiger partial charge on any atom is 0.338 e. The van der Waals surface area contributed by atoms with Gasteiger partial charge >= 0.3 is 5.97 Å². The molecule has 7 nitrogen and oxygen atoms in total. The molecule has 21 heavy (non-hydrogen) atoms. The van der Waals surface area contributed by atoms with Gasteiger partial charge in [0.05, 0.1) is 12.2 Å². The van der Waals surface area contributed by atoms with E-state index in [1.165, 1.54) is 12.2 Å². The SMILES string of the molecule is CCOC(=O)c1ccc(NC(=O)C2C=CC(=O)N=N2)cc1. The molecule has 108 valence electrons. The Morgan fingerprint density at radius 1 is 1.29 bits per heavy atom. The number of ether oxygens (including phenoxy) is 1. The number of esters is 1. The summed E-state index contributed by atoms with van der Waals surface area (Å²) in [6, 6.07) is 5.44. The molecule has 1 heterocycles. The van der Waals surface area contributed by atoms with Crippen LogP contribution in [0.15, 0.2) is 46.6 Å². The fourth-order valence-corrected chi connectivity index (χ4v) is 1.62. The van der Waals surface area contributed by atoms with Crippen molar-refractivity contribution in [1.29, 1.82) is 0 Å². The van der Waals surface area contributed by atoms with E-state index in [1.54, 1.807) is 31.2 Å². The van der Waals surface area contributed by atoms with Crippen LogP contribution in [0.3, 0.4) is 0 Å². The molecule has 1 aromatic carbocycles. The molecule has 0 saturated heterocycles. The van der Waals surface area contributed by atoms with Crippen LogP contribution in [-0.4, -0.2) is 30.4 Å². The van der Waals surface area contributed by atoms with E-state index in [0.717, 1.165) is 0 Å². The molecule has 1 N–H and O–H groups in total. The second-order valence-corrected chi connectivity index (χ2v) is 4.14. The fourth-order valence-electron chi connectivity index (χ4n) is 1.62. The minimum Gasteiger partial charge on any atom is -0.462 e. The highest BCUT2D eigenvalue weighted by molar-refractivity contribution is 5.99. The van der Waals surface area contributed by atoms with Gasteiger partial charge in [0, 0.05) is 11.8 Å². The molecule has 2 rings (SSSR count). The number of hydrogen-bond donors (Lipinski definition) is 1. The maximum atomic E-state index is 11.9. The first-order valence-electron chi connectivity index (χ1n) is 6.31. The Morgan fingerprint density at radius 3 is 2.57 bits per heavy atom. The average molecular weight is 287 g/mol. The molecule has 1 atom stereocenters. The monoisotopic (exact) mass is 287 g/mol. The molecule has 2 amide bonds. The third-order valence-corrected chi connectivity index (χ3v) is 2.63. The third-order valence-electron chi connectivity index (χ3n) is 2.63. The normalized spacial score (nSPS) is 16.6. The number of anilines is 1. The van der Waals surface area contributed by atoms with Gasteiger partial charge in [0.1, 0.15) is 0 Å². The van der Waals surface area contributed by atoms with Gasteiger partial charge in [-0.05, 0) is 37.3 Å². The number of hydrogen-bond acceptors (Lipinski definition) is 5. The van der Waals surface area contributed by atoms with Crippen LogP contribution in [0.25, 0.3) is 0 Å². The summed E-state index contributed by atoms with van der Waals surface area (Å²) in [6.07, 6.45) is 2.57. The first-order chi connectivity index (χ1) is 10.1. The van der Waals surface area contributed by atoms with Crippen molar-refractivity contribution >= 4 is 23.5 Å².